The van der Waals surface area contributed by atoms with Crippen molar-refractivity contribution >= 4 is 45.2 Å². The summed E-state index contributed by atoms with van der Waals surface area (Å²) in [5, 5.41) is 1.03. The second-order valence-corrected chi connectivity index (χ2v) is 11.6. The average Bonchev–Trinajstić information content (AvgIpc) is 2.79. The lowest BCUT2D eigenvalue weighted by molar-refractivity contribution is -0.161. The highest BCUT2D eigenvalue weighted by Crippen LogP contribution is 2.52. The molecule has 1 fully saturated rings. The van der Waals surface area contributed by atoms with Crippen molar-refractivity contribution < 1.29 is 27.3 Å². The normalized spacial score (nSPS) is 23.7. The number of amides is 1. The van der Waals surface area contributed by atoms with Crippen molar-refractivity contribution in [3.8, 4) is 0 Å². The van der Waals surface area contributed by atoms with Crippen LogP contribution in [0, 0.1) is 5.41 Å². The van der Waals surface area contributed by atoms with E-state index in [1.54, 1.807) is 44.2 Å². The summed E-state index contributed by atoms with van der Waals surface area (Å²) < 4.78 is 38.4. The number of hydrogen-bond donors (Lipinski definition) is 1. The van der Waals surface area contributed by atoms with E-state index in [0.29, 0.717) is 16.5 Å². The Kier molecular flexibility index (Phi) is 8.52. The van der Waals surface area contributed by atoms with Gasteiger partial charge in [-0.15, -0.1) is 0 Å². The second kappa shape index (κ2) is 10.9. The highest BCUT2D eigenvalue weighted by Gasteiger charge is 2.52. The number of benzene rings is 2. The summed E-state index contributed by atoms with van der Waals surface area (Å²) in [6.07, 6.45) is 0.394. The van der Waals surface area contributed by atoms with E-state index in [1.807, 2.05) is 18.2 Å². The summed E-state index contributed by atoms with van der Waals surface area (Å²) in [5.41, 5.74) is 0.421. The summed E-state index contributed by atoms with van der Waals surface area (Å²) in [6.45, 7) is 3.44. The van der Waals surface area contributed by atoms with Crippen molar-refractivity contribution in [3.63, 3.8) is 0 Å². The number of methoxy groups -OCH3 is 1. The zero-order valence-corrected chi connectivity index (χ0v) is 22.1. The number of ether oxygens (including phenoxy) is 1. The maximum absolute atomic E-state index is 14.1. The molecular weight excluding hydrogens is 513 g/mol. The van der Waals surface area contributed by atoms with Crippen molar-refractivity contribution in [1.29, 1.82) is 0 Å². The van der Waals surface area contributed by atoms with Crippen LogP contribution in [0.3, 0.4) is 0 Å². The van der Waals surface area contributed by atoms with Gasteiger partial charge in [-0.05, 0) is 48.2 Å². The SMILES string of the molecule is CC[C@H](CS(=O)(=O)O)N1C(=O)[C@@](C)(CC(=O)OC)C[C@H](c2cccc(Cl)c2)[C@H]1c1ccc(Cl)cc1. The molecule has 0 saturated carbocycles. The molecule has 190 valence electrons. The molecular formula is C25H29Cl2NO6S. The zero-order chi connectivity index (χ0) is 26.0. The molecule has 0 unspecified atom stereocenters. The van der Waals surface area contributed by atoms with Gasteiger partial charge in [0.15, 0.2) is 0 Å². The van der Waals surface area contributed by atoms with Gasteiger partial charge in [0, 0.05) is 22.0 Å². The molecule has 1 heterocycles. The Morgan fingerprint density at radius 1 is 1.17 bits per heavy atom. The van der Waals surface area contributed by atoms with E-state index in [0.717, 1.165) is 11.1 Å². The van der Waals surface area contributed by atoms with Gasteiger partial charge >= 0.3 is 5.97 Å². The lowest BCUT2D eigenvalue weighted by Gasteiger charge is -2.51. The van der Waals surface area contributed by atoms with Crippen LogP contribution in [-0.2, 0) is 24.4 Å². The van der Waals surface area contributed by atoms with Crippen molar-refractivity contribution in [2.24, 2.45) is 5.41 Å². The molecule has 1 saturated heterocycles. The minimum absolute atomic E-state index is 0.175. The van der Waals surface area contributed by atoms with E-state index >= 15 is 0 Å². The third kappa shape index (κ3) is 6.36. The number of likely N-dealkylation sites (tertiary alicyclic amines) is 1. The van der Waals surface area contributed by atoms with Gasteiger partial charge in [0.1, 0.15) is 0 Å². The topological polar surface area (TPSA) is 101 Å². The number of nitrogens with zero attached hydrogens (tertiary/aromatic N) is 1. The molecule has 35 heavy (non-hydrogen) atoms. The van der Waals surface area contributed by atoms with Crippen molar-refractivity contribution in [3.05, 3.63) is 69.7 Å². The lowest BCUT2D eigenvalue weighted by Crippen LogP contribution is -2.57. The van der Waals surface area contributed by atoms with Gasteiger partial charge in [0.2, 0.25) is 5.91 Å². The molecule has 1 aliphatic rings. The van der Waals surface area contributed by atoms with Crippen molar-refractivity contribution in [2.75, 3.05) is 12.9 Å². The van der Waals surface area contributed by atoms with Gasteiger partial charge < -0.3 is 9.64 Å². The predicted octanol–water partition coefficient (Wildman–Crippen LogP) is 5.29. The molecule has 3 rings (SSSR count). The number of hydrogen-bond acceptors (Lipinski definition) is 5. The van der Waals surface area contributed by atoms with Crippen LogP contribution in [0.5, 0.6) is 0 Å². The fourth-order valence-corrected chi connectivity index (χ4v) is 6.18. The average molecular weight is 542 g/mol. The standard InChI is InChI=1S/C25H29Cl2NO6S/c1-4-20(15-35(31,32)33)28-23(16-8-10-18(26)11-9-16)21(17-6-5-7-19(27)12-17)13-25(2,24(28)30)14-22(29)34-3/h5-12,20-21,23H,4,13-15H2,1-3H3,(H,31,32,33)/t20-,21-,23-,25-/m1/s1. The van der Waals surface area contributed by atoms with Crippen molar-refractivity contribution in [2.45, 2.75) is 51.1 Å². The highest BCUT2D eigenvalue weighted by atomic mass is 35.5. The molecule has 7 nitrogen and oxygen atoms in total. The summed E-state index contributed by atoms with van der Waals surface area (Å²) in [6, 6.07) is 12.9. The molecule has 0 bridgehead atoms. The monoisotopic (exact) mass is 541 g/mol. The van der Waals surface area contributed by atoms with E-state index in [9.17, 15) is 22.6 Å². The fraction of sp³-hybridized carbons (Fsp3) is 0.440. The molecule has 0 radical (unpaired) electrons. The van der Waals surface area contributed by atoms with Crippen LogP contribution < -0.4 is 0 Å². The van der Waals surface area contributed by atoms with Gasteiger partial charge in [-0.2, -0.15) is 8.42 Å². The van der Waals surface area contributed by atoms with Gasteiger partial charge in [0.05, 0.1) is 30.7 Å². The lowest BCUT2D eigenvalue weighted by atomic mass is 9.67. The van der Waals surface area contributed by atoms with E-state index in [4.69, 9.17) is 27.9 Å². The number of piperidine rings is 1. The first-order valence-corrected chi connectivity index (χ1v) is 13.6. The van der Waals surface area contributed by atoms with Gasteiger partial charge in [-0.3, -0.25) is 14.1 Å². The summed E-state index contributed by atoms with van der Waals surface area (Å²) in [4.78, 5) is 27.9. The number of esters is 1. The predicted molar refractivity (Wildman–Crippen MR) is 135 cm³/mol. The van der Waals surface area contributed by atoms with Crippen LogP contribution in [-0.4, -0.2) is 48.7 Å². The fourth-order valence-electron chi connectivity index (χ4n) is 4.98. The van der Waals surface area contributed by atoms with E-state index in [2.05, 4.69) is 0 Å². The van der Waals surface area contributed by atoms with Crippen LogP contribution in [0.25, 0.3) is 0 Å². The number of halogens is 2. The third-order valence-electron chi connectivity index (χ3n) is 6.62. The number of carbonyl (C=O) groups is 2. The number of rotatable bonds is 8. The van der Waals surface area contributed by atoms with Crippen molar-refractivity contribution in [1.82, 2.24) is 4.90 Å². The second-order valence-electron chi connectivity index (χ2n) is 9.20. The Morgan fingerprint density at radius 3 is 2.37 bits per heavy atom. The van der Waals surface area contributed by atoms with E-state index in [1.165, 1.54) is 12.0 Å². The molecule has 1 N–H and O–H groups in total. The Hall–Kier alpha value is -2.13. The summed E-state index contributed by atoms with van der Waals surface area (Å²) in [7, 11) is -3.14. The summed E-state index contributed by atoms with van der Waals surface area (Å²) >= 11 is 12.4. The quantitative estimate of drug-likeness (QED) is 0.360. The molecule has 4 atom stereocenters. The molecule has 0 aliphatic carbocycles. The minimum Gasteiger partial charge on any atom is -0.469 e. The van der Waals surface area contributed by atoms with Gasteiger partial charge in [-0.1, -0.05) is 61.3 Å². The Balaban J connectivity index is 2.26. The van der Waals surface area contributed by atoms with Crippen LogP contribution in [0.2, 0.25) is 10.0 Å². The minimum atomic E-state index is -4.40. The molecule has 0 spiro atoms. The van der Waals surface area contributed by atoms with Gasteiger partial charge in [0.25, 0.3) is 10.1 Å². The van der Waals surface area contributed by atoms with Crippen LogP contribution in [0.15, 0.2) is 48.5 Å². The number of carbonyl (C=O) groups excluding carboxylic acids is 2. The molecule has 0 aromatic heterocycles. The molecule has 2 aromatic carbocycles. The molecule has 1 amide bonds. The largest absolute Gasteiger partial charge is 0.469 e. The Labute approximate surface area is 216 Å². The first-order chi connectivity index (χ1) is 16.4. The molecule has 1 aliphatic heterocycles. The Morgan fingerprint density at radius 2 is 1.83 bits per heavy atom. The van der Waals surface area contributed by atoms with Crippen LogP contribution >= 0.6 is 23.2 Å². The first kappa shape index (κ1) is 27.5. The first-order valence-electron chi connectivity index (χ1n) is 11.2. The van der Waals surface area contributed by atoms with Crippen LogP contribution in [0.4, 0.5) is 0 Å². The van der Waals surface area contributed by atoms with Crippen LogP contribution in [0.1, 0.15) is 56.2 Å². The smallest absolute Gasteiger partial charge is 0.306 e. The Bertz CT molecular complexity index is 1190. The zero-order valence-electron chi connectivity index (χ0n) is 19.8. The third-order valence-corrected chi connectivity index (χ3v) is 7.91. The summed E-state index contributed by atoms with van der Waals surface area (Å²) in [5.74, 6) is -1.89. The maximum atomic E-state index is 14.1. The highest BCUT2D eigenvalue weighted by molar-refractivity contribution is 7.85. The van der Waals surface area contributed by atoms with Gasteiger partial charge in [-0.25, -0.2) is 0 Å². The maximum Gasteiger partial charge on any atom is 0.306 e. The van der Waals surface area contributed by atoms with E-state index in [-0.39, 0.29) is 24.7 Å². The molecule has 10 heteroatoms. The van der Waals surface area contributed by atoms with E-state index < -0.39 is 39.3 Å². The molecule has 2 aromatic rings.